The van der Waals surface area contributed by atoms with E-state index < -0.39 is 0 Å². The molecule has 0 saturated carbocycles. The van der Waals surface area contributed by atoms with Crippen molar-refractivity contribution in [3.63, 3.8) is 0 Å². The quantitative estimate of drug-likeness (QED) is 0.377. The number of furan rings is 1. The molecule has 0 aliphatic carbocycles. The first-order valence-electron chi connectivity index (χ1n) is 12.2. The number of amides is 1. The minimum absolute atomic E-state index is 0.0712. The van der Waals surface area contributed by atoms with Gasteiger partial charge < -0.3 is 14.1 Å². The number of benzene rings is 2. The van der Waals surface area contributed by atoms with Crippen LogP contribution in [0.25, 0.3) is 10.9 Å². The van der Waals surface area contributed by atoms with Crippen LogP contribution in [0.2, 0.25) is 0 Å². The number of nitrogens with one attached hydrogen (secondary N) is 1. The fourth-order valence-electron chi connectivity index (χ4n) is 4.48. The predicted octanol–water partition coefficient (Wildman–Crippen LogP) is 3.65. The lowest BCUT2D eigenvalue weighted by molar-refractivity contribution is -0.134. The van der Waals surface area contributed by atoms with Crippen molar-refractivity contribution >= 4 is 22.5 Å². The number of hydrazone groups is 1. The van der Waals surface area contributed by atoms with Crippen LogP contribution in [0.4, 0.5) is 0 Å². The zero-order valence-corrected chi connectivity index (χ0v) is 20.9. The lowest BCUT2D eigenvalue weighted by Gasteiger charge is -2.25. The number of aromatic amines is 1. The van der Waals surface area contributed by atoms with Crippen molar-refractivity contribution < 1.29 is 13.9 Å². The Hall–Kier alpha value is -4.08. The Morgan fingerprint density at radius 2 is 1.97 bits per heavy atom. The minimum atomic E-state index is -0.332. The zero-order valence-electron chi connectivity index (χ0n) is 20.9. The number of ether oxygens (including phenoxy) is 1. The van der Waals surface area contributed by atoms with E-state index in [2.05, 4.69) is 9.97 Å². The molecule has 1 amide bonds. The molecule has 3 heterocycles. The van der Waals surface area contributed by atoms with E-state index in [0.29, 0.717) is 42.1 Å². The van der Waals surface area contributed by atoms with Gasteiger partial charge in [-0.1, -0.05) is 42.0 Å². The summed E-state index contributed by atoms with van der Waals surface area (Å²) in [6, 6.07) is 18.7. The Labute approximate surface area is 214 Å². The average molecular weight is 500 g/mol. The summed E-state index contributed by atoms with van der Waals surface area (Å²) in [5, 5.41) is 6.78. The number of rotatable bonds is 9. The highest BCUT2D eigenvalue weighted by Gasteiger charge is 2.35. The normalized spacial score (nSPS) is 15.5. The van der Waals surface area contributed by atoms with Crippen molar-refractivity contribution in [1.29, 1.82) is 0 Å². The highest BCUT2D eigenvalue weighted by atomic mass is 16.5. The van der Waals surface area contributed by atoms with E-state index >= 15 is 0 Å². The molecule has 9 heteroatoms. The molecule has 9 nitrogen and oxygen atoms in total. The Balaban J connectivity index is 1.39. The van der Waals surface area contributed by atoms with E-state index in [-0.39, 0.29) is 30.6 Å². The van der Waals surface area contributed by atoms with E-state index in [1.165, 1.54) is 5.01 Å². The van der Waals surface area contributed by atoms with Crippen molar-refractivity contribution in [2.24, 2.45) is 5.10 Å². The number of aromatic nitrogens is 2. The summed E-state index contributed by atoms with van der Waals surface area (Å²) < 4.78 is 10.9. The molecule has 4 aromatic rings. The van der Waals surface area contributed by atoms with E-state index in [1.54, 1.807) is 31.6 Å². The van der Waals surface area contributed by atoms with Gasteiger partial charge in [-0.2, -0.15) is 5.10 Å². The Bertz CT molecular complexity index is 1460. The molecule has 1 atom stereocenters. The first-order chi connectivity index (χ1) is 18.0. The molecule has 1 aliphatic rings. The number of nitrogens with zero attached hydrogens (tertiary/aromatic N) is 4. The zero-order chi connectivity index (χ0) is 25.8. The monoisotopic (exact) mass is 499 g/mol. The van der Waals surface area contributed by atoms with Crippen LogP contribution in [0, 0.1) is 6.92 Å². The van der Waals surface area contributed by atoms with E-state index in [9.17, 15) is 9.59 Å². The smallest absolute Gasteiger partial charge is 0.258 e. The molecule has 2 aromatic heterocycles. The third-order valence-electron chi connectivity index (χ3n) is 6.43. The number of carbonyl (C=O) groups excluding carboxylic acids is 1. The number of H-pyrrole nitrogens is 1. The van der Waals surface area contributed by atoms with E-state index in [1.807, 2.05) is 54.3 Å². The van der Waals surface area contributed by atoms with Gasteiger partial charge in [-0.15, -0.1) is 0 Å². The van der Waals surface area contributed by atoms with Crippen LogP contribution >= 0.6 is 0 Å². The second-order valence-corrected chi connectivity index (χ2v) is 9.12. The van der Waals surface area contributed by atoms with Crippen molar-refractivity contribution in [3.05, 3.63) is 100.0 Å². The molecule has 1 N–H and O–H groups in total. The summed E-state index contributed by atoms with van der Waals surface area (Å²) in [5.41, 5.74) is 3.38. The van der Waals surface area contributed by atoms with Gasteiger partial charge >= 0.3 is 0 Å². The number of methoxy groups -OCH3 is 1. The number of hydrogen-bond acceptors (Lipinski definition) is 7. The summed E-state index contributed by atoms with van der Waals surface area (Å²) in [6.07, 6.45) is 2.16. The molecule has 0 fully saturated rings. The van der Waals surface area contributed by atoms with Crippen LogP contribution in [0.15, 0.2) is 81.2 Å². The standard InChI is InChI=1S/C28H29N5O4/c1-19-9-11-20(12-10-19)23-16-24(25-8-5-14-37-25)33(31-23)27(34)18-32(13-15-36-2)17-26-29-22-7-4-3-6-21(22)28(35)30-26/h3-12,14,24H,13,15-18H2,1-2H3,(H,29,30,35). The predicted molar refractivity (Wildman–Crippen MR) is 140 cm³/mol. The van der Waals surface area contributed by atoms with Gasteiger partial charge in [0.05, 0.1) is 42.6 Å². The number of carbonyl (C=O) groups is 1. The van der Waals surface area contributed by atoms with Gasteiger partial charge in [-0.05, 0) is 36.8 Å². The molecule has 5 rings (SSSR count). The number of para-hydroxylation sites is 1. The molecule has 190 valence electrons. The number of aryl methyl sites for hydroxylation is 1. The third-order valence-corrected chi connectivity index (χ3v) is 6.43. The van der Waals surface area contributed by atoms with Crippen LogP contribution in [-0.4, -0.2) is 58.3 Å². The summed E-state index contributed by atoms with van der Waals surface area (Å²) in [4.78, 5) is 35.5. The van der Waals surface area contributed by atoms with Gasteiger partial charge in [0, 0.05) is 20.1 Å². The number of hydrogen-bond donors (Lipinski definition) is 1. The first-order valence-corrected chi connectivity index (χ1v) is 12.2. The van der Waals surface area contributed by atoms with Crippen LogP contribution in [0.5, 0.6) is 0 Å². The molecular formula is C28H29N5O4. The minimum Gasteiger partial charge on any atom is -0.467 e. The second kappa shape index (κ2) is 10.9. The van der Waals surface area contributed by atoms with Crippen LogP contribution in [0.3, 0.4) is 0 Å². The summed E-state index contributed by atoms with van der Waals surface area (Å²) >= 11 is 0. The number of fused-ring (bicyclic) bond motifs is 1. The second-order valence-electron chi connectivity index (χ2n) is 9.12. The average Bonchev–Trinajstić information content (AvgIpc) is 3.58. The van der Waals surface area contributed by atoms with E-state index in [4.69, 9.17) is 14.3 Å². The van der Waals surface area contributed by atoms with E-state index in [0.717, 1.165) is 16.8 Å². The van der Waals surface area contributed by atoms with Gasteiger partial charge in [-0.3, -0.25) is 14.5 Å². The highest BCUT2D eigenvalue weighted by Crippen LogP contribution is 2.33. The summed E-state index contributed by atoms with van der Waals surface area (Å²) in [6.45, 7) is 3.29. The molecule has 1 aliphatic heterocycles. The largest absolute Gasteiger partial charge is 0.467 e. The van der Waals surface area contributed by atoms with Gasteiger partial charge in [-0.25, -0.2) is 9.99 Å². The van der Waals surface area contributed by atoms with Gasteiger partial charge in [0.25, 0.3) is 11.5 Å². The summed E-state index contributed by atoms with van der Waals surface area (Å²) in [5.74, 6) is 0.992. The molecule has 0 bridgehead atoms. The maximum absolute atomic E-state index is 13.6. The maximum Gasteiger partial charge on any atom is 0.258 e. The highest BCUT2D eigenvalue weighted by molar-refractivity contribution is 6.03. The molecule has 1 unspecified atom stereocenters. The maximum atomic E-state index is 13.6. The van der Waals surface area contributed by atoms with Crippen molar-refractivity contribution in [2.45, 2.75) is 25.9 Å². The Morgan fingerprint density at radius 3 is 2.73 bits per heavy atom. The third kappa shape index (κ3) is 5.52. The van der Waals surface area contributed by atoms with Crippen molar-refractivity contribution in [3.8, 4) is 0 Å². The van der Waals surface area contributed by atoms with Crippen LogP contribution in [-0.2, 0) is 16.1 Å². The van der Waals surface area contributed by atoms with Gasteiger partial charge in [0.15, 0.2) is 0 Å². The molecular weight excluding hydrogens is 470 g/mol. The molecule has 37 heavy (non-hydrogen) atoms. The first kappa shape index (κ1) is 24.6. The van der Waals surface area contributed by atoms with Crippen LogP contribution in [0.1, 0.15) is 35.2 Å². The fraction of sp³-hybridized carbons (Fsp3) is 0.286. The van der Waals surface area contributed by atoms with Gasteiger partial charge in [0.2, 0.25) is 0 Å². The lowest BCUT2D eigenvalue weighted by atomic mass is 10.0. The molecule has 0 radical (unpaired) electrons. The molecule has 2 aromatic carbocycles. The van der Waals surface area contributed by atoms with Gasteiger partial charge in [0.1, 0.15) is 17.6 Å². The van der Waals surface area contributed by atoms with Crippen molar-refractivity contribution in [2.75, 3.05) is 26.8 Å². The lowest BCUT2D eigenvalue weighted by Crippen LogP contribution is -2.39. The summed E-state index contributed by atoms with van der Waals surface area (Å²) in [7, 11) is 1.61. The fourth-order valence-corrected chi connectivity index (χ4v) is 4.48. The van der Waals surface area contributed by atoms with Crippen molar-refractivity contribution in [1.82, 2.24) is 19.9 Å². The molecule has 0 saturated heterocycles. The SMILES string of the molecule is COCCN(CC(=O)N1N=C(c2ccc(C)cc2)CC1c1ccco1)Cc1nc2ccccc2c(=O)[nH]1. The topological polar surface area (TPSA) is 104 Å². The molecule has 0 spiro atoms. The Kier molecular flexibility index (Phi) is 7.25. The Morgan fingerprint density at radius 1 is 1.16 bits per heavy atom. The van der Waals surface area contributed by atoms with Crippen LogP contribution < -0.4 is 5.56 Å².